The molecule has 0 atom stereocenters. The van der Waals surface area contributed by atoms with Gasteiger partial charge in [-0.05, 0) is 30.5 Å². The first-order valence-corrected chi connectivity index (χ1v) is 4.59. The summed E-state index contributed by atoms with van der Waals surface area (Å²) in [6.45, 7) is 8.15. The number of nitrogens with two attached hydrogens (primary N) is 1. The van der Waals surface area contributed by atoms with Crippen molar-refractivity contribution in [2.45, 2.75) is 34.1 Å². The Morgan fingerprint density at radius 1 is 1.33 bits per heavy atom. The average Bonchev–Trinajstić information content (AvgIpc) is 2.13. The molecule has 0 fully saturated rings. The van der Waals surface area contributed by atoms with Crippen molar-refractivity contribution in [3.63, 3.8) is 0 Å². The smallest absolute Gasteiger partial charge is 0.0346 e. The molecule has 0 unspecified atom stereocenters. The van der Waals surface area contributed by atoms with Gasteiger partial charge in [0.2, 0.25) is 0 Å². The van der Waals surface area contributed by atoms with Crippen molar-refractivity contribution in [1.82, 2.24) is 0 Å². The van der Waals surface area contributed by atoms with Crippen LogP contribution in [0.1, 0.15) is 33.3 Å². The molecule has 0 aliphatic carbocycles. The van der Waals surface area contributed by atoms with Gasteiger partial charge in [-0.25, -0.2) is 0 Å². The van der Waals surface area contributed by atoms with Gasteiger partial charge in [-0.3, -0.25) is 0 Å². The highest BCUT2D eigenvalue weighted by Gasteiger charge is 1.92. The Morgan fingerprint density at radius 3 is 2.33 bits per heavy atom. The normalized spacial score (nSPS) is 8.67. The lowest BCUT2D eigenvalue weighted by Gasteiger charge is -2.01. The van der Waals surface area contributed by atoms with E-state index in [0.717, 1.165) is 17.7 Å². The van der Waals surface area contributed by atoms with E-state index < -0.39 is 0 Å². The number of nitrogen functional groups attached to an aromatic ring is 1. The molecule has 0 amide bonds. The Kier molecular flexibility index (Phi) is 5.18. The molecule has 0 aliphatic heterocycles. The fourth-order valence-corrected chi connectivity index (χ4v) is 0.910. The predicted octanol–water partition coefficient (Wildman–Crippen LogP) is 3.41. The minimum Gasteiger partial charge on any atom is -0.399 e. The molecule has 0 bridgehead atoms. The molecule has 0 spiro atoms. The SMILES string of the molecule is CC.CCc1ccc(C)c(N)c1.[HH]. The van der Waals surface area contributed by atoms with Gasteiger partial charge in [-0.1, -0.05) is 32.9 Å². The maximum absolute atomic E-state index is 5.70. The fourth-order valence-electron chi connectivity index (χ4n) is 0.910. The van der Waals surface area contributed by atoms with E-state index in [0.29, 0.717) is 0 Å². The maximum Gasteiger partial charge on any atom is 0.0346 e. The summed E-state index contributed by atoms with van der Waals surface area (Å²) in [6, 6.07) is 6.22. The minimum atomic E-state index is 0. The van der Waals surface area contributed by atoms with Gasteiger partial charge in [0.1, 0.15) is 0 Å². The lowest BCUT2D eigenvalue weighted by atomic mass is 10.1. The minimum absolute atomic E-state index is 0. The van der Waals surface area contributed by atoms with Crippen LogP contribution >= 0.6 is 0 Å². The topological polar surface area (TPSA) is 26.0 Å². The number of hydrogen-bond donors (Lipinski definition) is 1. The molecule has 0 saturated heterocycles. The van der Waals surface area contributed by atoms with E-state index in [-0.39, 0.29) is 1.43 Å². The van der Waals surface area contributed by atoms with Crippen LogP contribution in [0.4, 0.5) is 5.69 Å². The first-order valence-electron chi connectivity index (χ1n) is 4.59. The van der Waals surface area contributed by atoms with Crippen LogP contribution in [0, 0.1) is 6.92 Å². The molecule has 0 aliphatic rings. The molecule has 70 valence electrons. The second-order valence-electron chi connectivity index (χ2n) is 2.54. The summed E-state index contributed by atoms with van der Waals surface area (Å²) in [5, 5.41) is 0. The first-order chi connectivity index (χ1) is 5.74. The lowest BCUT2D eigenvalue weighted by Crippen LogP contribution is -1.90. The van der Waals surface area contributed by atoms with Crippen LogP contribution in [0.25, 0.3) is 0 Å². The number of benzene rings is 1. The highest BCUT2D eigenvalue weighted by Crippen LogP contribution is 2.12. The van der Waals surface area contributed by atoms with E-state index in [2.05, 4.69) is 19.1 Å². The third kappa shape index (κ3) is 2.95. The van der Waals surface area contributed by atoms with Crippen LogP contribution in [0.3, 0.4) is 0 Å². The predicted molar refractivity (Wildman–Crippen MR) is 58.4 cm³/mol. The Hall–Kier alpha value is -0.980. The Balaban J connectivity index is 0. The largest absolute Gasteiger partial charge is 0.399 e. The zero-order valence-corrected chi connectivity index (χ0v) is 8.52. The van der Waals surface area contributed by atoms with Crippen molar-refractivity contribution in [1.29, 1.82) is 0 Å². The fraction of sp³-hybridized carbons (Fsp3) is 0.455. The van der Waals surface area contributed by atoms with Crippen LogP contribution in [0.2, 0.25) is 0 Å². The lowest BCUT2D eigenvalue weighted by molar-refractivity contribution is 1.14. The average molecular weight is 167 g/mol. The van der Waals surface area contributed by atoms with Gasteiger partial charge in [-0.2, -0.15) is 0 Å². The molecular weight excluding hydrogens is 146 g/mol. The van der Waals surface area contributed by atoms with Gasteiger partial charge >= 0.3 is 0 Å². The molecule has 0 aromatic heterocycles. The van der Waals surface area contributed by atoms with Crippen LogP contribution in [-0.4, -0.2) is 0 Å². The van der Waals surface area contributed by atoms with Gasteiger partial charge in [0, 0.05) is 7.11 Å². The maximum atomic E-state index is 5.70. The Morgan fingerprint density at radius 2 is 1.92 bits per heavy atom. The molecule has 1 aromatic rings. The summed E-state index contributed by atoms with van der Waals surface area (Å²) in [5.74, 6) is 0. The van der Waals surface area contributed by atoms with Crippen molar-refractivity contribution in [2.24, 2.45) is 0 Å². The van der Waals surface area contributed by atoms with Crippen molar-refractivity contribution >= 4 is 5.69 Å². The van der Waals surface area contributed by atoms with Gasteiger partial charge in [0.15, 0.2) is 0 Å². The van der Waals surface area contributed by atoms with Gasteiger partial charge in [0.25, 0.3) is 0 Å². The van der Waals surface area contributed by atoms with Crippen LogP contribution in [0.5, 0.6) is 0 Å². The summed E-state index contributed by atoms with van der Waals surface area (Å²) in [6.07, 6.45) is 1.06. The highest BCUT2D eigenvalue weighted by atomic mass is 14.5. The van der Waals surface area contributed by atoms with Crippen molar-refractivity contribution in [2.75, 3.05) is 5.73 Å². The van der Waals surface area contributed by atoms with Crippen LogP contribution < -0.4 is 5.73 Å². The molecule has 1 rings (SSSR count). The molecule has 2 N–H and O–H groups in total. The second kappa shape index (κ2) is 5.64. The molecular formula is C11H21N. The molecule has 1 nitrogen and oxygen atoms in total. The van der Waals surface area contributed by atoms with Gasteiger partial charge < -0.3 is 5.73 Å². The molecule has 0 saturated carbocycles. The van der Waals surface area contributed by atoms with E-state index >= 15 is 0 Å². The van der Waals surface area contributed by atoms with Crippen molar-refractivity contribution in [3.05, 3.63) is 29.3 Å². The van der Waals surface area contributed by atoms with Gasteiger partial charge in [-0.15, -0.1) is 0 Å². The molecule has 1 aromatic carbocycles. The molecule has 0 heterocycles. The van der Waals surface area contributed by atoms with E-state index in [9.17, 15) is 0 Å². The summed E-state index contributed by atoms with van der Waals surface area (Å²) < 4.78 is 0. The summed E-state index contributed by atoms with van der Waals surface area (Å²) >= 11 is 0. The third-order valence-electron chi connectivity index (χ3n) is 1.75. The Bertz CT molecular complexity index is 234. The number of aryl methyl sites for hydroxylation is 2. The second-order valence-corrected chi connectivity index (χ2v) is 2.54. The summed E-state index contributed by atoms with van der Waals surface area (Å²) in [5.41, 5.74) is 9.07. The molecule has 1 heteroatoms. The zero-order chi connectivity index (χ0) is 9.56. The summed E-state index contributed by atoms with van der Waals surface area (Å²) in [7, 11) is 0. The van der Waals surface area contributed by atoms with Gasteiger partial charge in [0.05, 0.1) is 0 Å². The number of rotatable bonds is 1. The first kappa shape index (κ1) is 11.0. The quantitative estimate of drug-likeness (QED) is 0.637. The van der Waals surface area contributed by atoms with E-state index in [1.807, 2.05) is 26.8 Å². The van der Waals surface area contributed by atoms with E-state index in [1.54, 1.807) is 0 Å². The monoisotopic (exact) mass is 167 g/mol. The molecule has 0 radical (unpaired) electrons. The molecule has 12 heavy (non-hydrogen) atoms. The van der Waals surface area contributed by atoms with E-state index in [1.165, 1.54) is 5.56 Å². The summed E-state index contributed by atoms with van der Waals surface area (Å²) in [4.78, 5) is 0. The standard InChI is InChI=1S/C9H13N.C2H6.H2/c1-3-8-5-4-7(2)9(10)6-8;1-2;/h4-6H,3,10H2,1-2H3;1-2H3;1H. The zero-order valence-electron chi connectivity index (χ0n) is 8.52. The number of anilines is 1. The Labute approximate surface area is 77.1 Å². The third-order valence-corrected chi connectivity index (χ3v) is 1.75. The van der Waals surface area contributed by atoms with Crippen molar-refractivity contribution in [3.8, 4) is 0 Å². The number of hydrogen-bond acceptors (Lipinski definition) is 1. The highest BCUT2D eigenvalue weighted by molar-refractivity contribution is 5.48. The van der Waals surface area contributed by atoms with Crippen molar-refractivity contribution < 1.29 is 1.43 Å². The van der Waals surface area contributed by atoms with Crippen LogP contribution in [-0.2, 0) is 6.42 Å². The van der Waals surface area contributed by atoms with E-state index in [4.69, 9.17) is 5.73 Å². The van der Waals surface area contributed by atoms with Crippen LogP contribution in [0.15, 0.2) is 18.2 Å².